The van der Waals surface area contributed by atoms with Gasteiger partial charge in [0.05, 0.1) is 39.6 Å². The van der Waals surface area contributed by atoms with E-state index in [9.17, 15) is 36.2 Å². The Morgan fingerprint density at radius 3 is 2.26 bits per heavy atom. The van der Waals surface area contributed by atoms with Crippen LogP contribution in [0, 0.1) is 6.92 Å². The topological polar surface area (TPSA) is 94.0 Å². The third kappa shape index (κ3) is 5.43. The van der Waals surface area contributed by atoms with Gasteiger partial charge in [-0.15, -0.1) is 5.10 Å². The van der Waals surface area contributed by atoms with Crippen molar-refractivity contribution in [2.24, 2.45) is 0 Å². The predicted molar refractivity (Wildman–Crippen MR) is 121 cm³/mol. The summed E-state index contributed by atoms with van der Waals surface area (Å²) in [6, 6.07) is 7.63. The first-order chi connectivity index (χ1) is 17.8. The van der Waals surface area contributed by atoms with Crippen LogP contribution in [0.15, 0.2) is 47.0 Å². The van der Waals surface area contributed by atoms with E-state index in [0.29, 0.717) is 17.7 Å². The van der Waals surface area contributed by atoms with Crippen LogP contribution in [0.3, 0.4) is 0 Å². The van der Waals surface area contributed by atoms with Crippen LogP contribution in [0.25, 0.3) is 11.3 Å². The first kappa shape index (κ1) is 27.3. The molecule has 0 saturated heterocycles. The van der Waals surface area contributed by atoms with E-state index >= 15 is 0 Å². The van der Waals surface area contributed by atoms with Crippen molar-refractivity contribution in [1.82, 2.24) is 20.2 Å². The number of hydrogen-bond donors (Lipinski definition) is 1. The van der Waals surface area contributed by atoms with Gasteiger partial charge in [0.15, 0.2) is 11.5 Å². The molecule has 0 saturated carbocycles. The molecule has 0 fully saturated rings. The highest BCUT2D eigenvalue weighted by Crippen LogP contribution is 2.37. The Morgan fingerprint density at radius 1 is 1.05 bits per heavy atom. The number of aromatic nitrogens is 4. The normalized spacial score (nSPS) is 12.2. The number of hydrogen-bond acceptors (Lipinski definition) is 6. The second kappa shape index (κ2) is 10.2. The van der Waals surface area contributed by atoms with E-state index in [0.717, 1.165) is 4.68 Å². The van der Waals surface area contributed by atoms with Crippen molar-refractivity contribution in [3.63, 3.8) is 0 Å². The van der Waals surface area contributed by atoms with Crippen molar-refractivity contribution in [3.05, 3.63) is 86.8 Å². The monoisotopic (exact) mass is 558 g/mol. The van der Waals surface area contributed by atoms with Crippen molar-refractivity contribution in [2.75, 3.05) is 6.61 Å². The molecule has 38 heavy (non-hydrogen) atoms. The van der Waals surface area contributed by atoms with E-state index in [1.807, 2.05) is 0 Å². The second-order valence-corrected chi connectivity index (χ2v) is 8.62. The summed E-state index contributed by atoms with van der Waals surface area (Å²) in [5.74, 6) is -0.723. The van der Waals surface area contributed by atoms with Gasteiger partial charge in [0.2, 0.25) is 5.78 Å². The van der Waals surface area contributed by atoms with Crippen molar-refractivity contribution >= 4 is 17.4 Å². The number of aliphatic hydroxyl groups is 1. The number of carbonyl (C=O) groups excluding carboxylic acids is 1. The molecule has 2 aromatic carbocycles. The molecular formula is C24H17ClF6N4O3. The number of carbonyl (C=O) groups is 1. The van der Waals surface area contributed by atoms with Gasteiger partial charge >= 0.3 is 12.4 Å². The Hall–Kier alpha value is -3.71. The number of ketones is 1. The number of benzene rings is 2. The maximum absolute atomic E-state index is 13.5. The van der Waals surface area contributed by atoms with Crippen LogP contribution in [0.4, 0.5) is 26.3 Å². The Kier molecular flexibility index (Phi) is 7.35. The minimum Gasteiger partial charge on any atom is -0.396 e. The zero-order valence-electron chi connectivity index (χ0n) is 19.4. The molecule has 0 amide bonds. The largest absolute Gasteiger partial charge is 0.416 e. The van der Waals surface area contributed by atoms with Crippen molar-refractivity contribution < 1.29 is 40.8 Å². The first-order valence-electron chi connectivity index (χ1n) is 10.9. The fourth-order valence-corrected chi connectivity index (χ4v) is 4.01. The molecule has 0 aliphatic carbocycles. The van der Waals surface area contributed by atoms with Crippen molar-refractivity contribution in [2.45, 2.75) is 32.2 Å². The fraction of sp³-hybridized carbons (Fsp3) is 0.250. The zero-order valence-corrected chi connectivity index (χ0v) is 20.1. The highest BCUT2D eigenvalue weighted by Gasteiger charge is 2.37. The van der Waals surface area contributed by atoms with Gasteiger partial charge < -0.3 is 9.63 Å². The molecular weight excluding hydrogens is 542 g/mol. The molecule has 0 radical (unpaired) electrons. The van der Waals surface area contributed by atoms with E-state index in [4.69, 9.17) is 16.1 Å². The molecule has 0 aliphatic rings. The smallest absolute Gasteiger partial charge is 0.396 e. The molecule has 0 atom stereocenters. The molecule has 4 rings (SSSR count). The average Bonchev–Trinajstić information content (AvgIpc) is 3.41. The van der Waals surface area contributed by atoms with Gasteiger partial charge in [-0.1, -0.05) is 34.1 Å². The fourth-order valence-electron chi connectivity index (χ4n) is 3.79. The first-order valence-corrected chi connectivity index (χ1v) is 11.3. The van der Waals surface area contributed by atoms with Crippen LogP contribution in [0.5, 0.6) is 0 Å². The highest BCUT2D eigenvalue weighted by atomic mass is 35.5. The van der Waals surface area contributed by atoms with Crippen LogP contribution in [-0.2, 0) is 25.3 Å². The van der Waals surface area contributed by atoms with E-state index in [1.165, 1.54) is 6.92 Å². The van der Waals surface area contributed by atoms with Crippen molar-refractivity contribution in [1.29, 1.82) is 0 Å². The lowest BCUT2D eigenvalue weighted by Crippen LogP contribution is -2.14. The summed E-state index contributed by atoms with van der Waals surface area (Å²) >= 11 is 6.24. The molecule has 0 bridgehead atoms. The summed E-state index contributed by atoms with van der Waals surface area (Å²) in [5.41, 5.74) is -3.07. The van der Waals surface area contributed by atoms with Gasteiger partial charge in [-0.25, -0.2) is 4.68 Å². The summed E-state index contributed by atoms with van der Waals surface area (Å²) in [6.45, 7) is 0.501. The molecule has 1 N–H and O–H groups in total. The van der Waals surface area contributed by atoms with E-state index in [2.05, 4.69) is 15.5 Å². The van der Waals surface area contributed by atoms with E-state index in [1.54, 1.807) is 24.3 Å². The summed E-state index contributed by atoms with van der Waals surface area (Å²) in [6.07, 6.45) is -10.1. The molecule has 0 aliphatic heterocycles. The van der Waals surface area contributed by atoms with Gasteiger partial charge in [0.1, 0.15) is 0 Å². The Morgan fingerprint density at radius 2 is 1.68 bits per heavy atom. The van der Waals surface area contributed by atoms with Gasteiger partial charge in [-0.05, 0) is 42.8 Å². The quantitative estimate of drug-likeness (QED) is 0.229. The lowest BCUT2D eigenvalue weighted by Gasteiger charge is -2.14. The summed E-state index contributed by atoms with van der Waals surface area (Å²) in [5, 5.41) is 21.1. The van der Waals surface area contributed by atoms with Gasteiger partial charge in [-0.3, -0.25) is 4.79 Å². The van der Waals surface area contributed by atoms with E-state index < -0.39 is 35.8 Å². The lowest BCUT2D eigenvalue weighted by molar-refractivity contribution is -0.143. The maximum Gasteiger partial charge on any atom is 0.416 e. The second-order valence-electron chi connectivity index (χ2n) is 8.21. The third-order valence-electron chi connectivity index (χ3n) is 5.63. The van der Waals surface area contributed by atoms with Crippen LogP contribution in [-0.4, -0.2) is 37.6 Å². The van der Waals surface area contributed by atoms with Crippen LogP contribution >= 0.6 is 11.6 Å². The number of aliphatic hydroxyl groups excluding tert-OH is 1. The molecule has 2 heterocycles. The Balaban J connectivity index is 1.74. The molecule has 7 nitrogen and oxygen atoms in total. The van der Waals surface area contributed by atoms with E-state index in [-0.39, 0.29) is 58.1 Å². The zero-order chi connectivity index (χ0) is 27.8. The standard InChI is InChI=1S/C24H17ClF6N4O3/c1-12-20(21(37)19-18(6-7-36)33-38-22(19)16-4-2-3-5-17(16)25)32-34-35(12)11-13-8-14(23(26,27)28)10-15(9-13)24(29,30)31/h2-5,8-10,36H,6-7,11H2,1H3. The van der Waals surface area contributed by atoms with Gasteiger partial charge in [0, 0.05) is 18.6 Å². The van der Waals surface area contributed by atoms with Gasteiger partial charge in [-0.2, -0.15) is 26.3 Å². The minimum atomic E-state index is -5.01. The molecule has 0 spiro atoms. The molecule has 2 aromatic heterocycles. The van der Waals surface area contributed by atoms with Gasteiger partial charge in [0.25, 0.3) is 0 Å². The lowest BCUT2D eigenvalue weighted by atomic mass is 9.99. The molecule has 14 heteroatoms. The minimum absolute atomic E-state index is 0.00528. The Labute approximate surface area is 215 Å². The number of halogens is 7. The maximum atomic E-state index is 13.5. The van der Waals surface area contributed by atoms with Crippen molar-refractivity contribution in [3.8, 4) is 11.3 Å². The SMILES string of the molecule is Cc1c(C(=O)c2c(CCO)noc2-c2ccccc2Cl)nnn1Cc1cc(C(F)(F)F)cc(C(F)(F)F)c1. The summed E-state index contributed by atoms with van der Waals surface area (Å²) in [4.78, 5) is 13.5. The summed E-state index contributed by atoms with van der Waals surface area (Å²) in [7, 11) is 0. The summed E-state index contributed by atoms with van der Waals surface area (Å²) < 4.78 is 85.8. The number of nitrogens with zero attached hydrogens (tertiary/aromatic N) is 4. The number of rotatable bonds is 7. The average molecular weight is 559 g/mol. The van der Waals surface area contributed by atoms with Crippen LogP contribution in [0.1, 0.15) is 44.1 Å². The molecule has 0 unspecified atom stereocenters. The third-order valence-corrected chi connectivity index (χ3v) is 5.96. The predicted octanol–water partition coefficient (Wildman–Crippen LogP) is 5.75. The molecule has 4 aromatic rings. The number of alkyl halides is 6. The van der Waals surface area contributed by atoms with Crippen LogP contribution < -0.4 is 0 Å². The Bertz CT molecular complexity index is 1460. The van der Waals surface area contributed by atoms with Crippen LogP contribution in [0.2, 0.25) is 5.02 Å². The highest BCUT2D eigenvalue weighted by molar-refractivity contribution is 6.33. The molecule has 200 valence electrons.